The van der Waals surface area contributed by atoms with Gasteiger partial charge in [0, 0.05) is 45.5 Å². The summed E-state index contributed by atoms with van der Waals surface area (Å²) in [5.74, 6) is 0.619. The SMILES string of the molecule is CN=C(NCc1c(C)nn(C)c1C)N(C)Cc1ccc(OC)c(F)c1.I. The maximum atomic E-state index is 13.8. The molecule has 1 aromatic carbocycles. The lowest BCUT2D eigenvalue weighted by Crippen LogP contribution is -2.38. The molecule has 0 atom stereocenters. The zero-order valence-corrected chi connectivity index (χ0v) is 18.5. The third-order valence-corrected chi connectivity index (χ3v) is 4.29. The Morgan fingerprint density at radius 3 is 2.58 bits per heavy atom. The average molecular weight is 475 g/mol. The van der Waals surface area contributed by atoms with Crippen LogP contribution in [0.5, 0.6) is 5.75 Å². The first kappa shape index (κ1) is 22.2. The first-order chi connectivity index (χ1) is 11.9. The molecule has 1 heterocycles. The summed E-state index contributed by atoms with van der Waals surface area (Å²) in [5.41, 5.74) is 4.13. The molecular weight excluding hydrogens is 448 g/mol. The molecule has 26 heavy (non-hydrogen) atoms. The van der Waals surface area contributed by atoms with Gasteiger partial charge < -0.3 is 15.0 Å². The Morgan fingerprint density at radius 2 is 2.08 bits per heavy atom. The minimum atomic E-state index is -0.363. The molecule has 2 rings (SSSR count). The predicted octanol–water partition coefficient (Wildman–Crippen LogP) is 3.01. The van der Waals surface area contributed by atoms with Crippen LogP contribution in [0.4, 0.5) is 4.39 Å². The van der Waals surface area contributed by atoms with Crippen molar-refractivity contribution in [3.05, 3.63) is 46.5 Å². The van der Waals surface area contributed by atoms with E-state index in [0.717, 1.165) is 28.5 Å². The van der Waals surface area contributed by atoms with Crippen LogP contribution >= 0.6 is 24.0 Å². The molecule has 0 amide bonds. The number of guanidine groups is 1. The summed E-state index contributed by atoms with van der Waals surface area (Å²) in [6.07, 6.45) is 0. The van der Waals surface area contributed by atoms with Gasteiger partial charge in [-0.2, -0.15) is 5.10 Å². The number of ether oxygens (including phenoxy) is 1. The van der Waals surface area contributed by atoms with Crippen LogP contribution in [0.15, 0.2) is 23.2 Å². The minimum absolute atomic E-state index is 0. The van der Waals surface area contributed by atoms with E-state index < -0.39 is 0 Å². The maximum Gasteiger partial charge on any atom is 0.193 e. The molecule has 0 radical (unpaired) electrons. The van der Waals surface area contributed by atoms with Crippen molar-refractivity contribution in [2.24, 2.45) is 12.0 Å². The summed E-state index contributed by atoms with van der Waals surface area (Å²) in [7, 11) is 7.04. The summed E-state index contributed by atoms with van der Waals surface area (Å²) < 4.78 is 20.7. The number of benzene rings is 1. The molecule has 8 heteroatoms. The van der Waals surface area contributed by atoms with Crippen LogP contribution < -0.4 is 10.1 Å². The lowest BCUT2D eigenvalue weighted by molar-refractivity contribution is 0.385. The summed E-state index contributed by atoms with van der Waals surface area (Å²) >= 11 is 0. The normalized spacial score (nSPS) is 11.1. The Balaban J connectivity index is 0.00000338. The highest BCUT2D eigenvalue weighted by atomic mass is 127. The van der Waals surface area contributed by atoms with Crippen LogP contribution in [0.25, 0.3) is 0 Å². The van der Waals surface area contributed by atoms with Gasteiger partial charge >= 0.3 is 0 Å². The molecule has 0 fully saturated rings. The Morgan fingerprint density at radius 1 is 1.38 bits per heavy atom. The van der Waals surface area contributed by atoms with E-state index in [4.69, 9.17) is 4.74 Å². The van der Waals surface area contributed by atoms with Gasteiger partial charge in [0.25, 0.3) is 0 Å². The molecule has 0 saturated heterocycles. The van der Waals surface area contributed by atoms with E-state index in [9.17, 15) is 4.39 Å². The van der Waals surface area contributed by atoms with E-state index in [-0.39, 0.29) is 35.5 Å². The molecular formula is C18H27FIN5O. The van der Waals surface area contributed by atoms with Gasteiger partial charge in [-0.15, -0.1) is 24.0 Å². The van der Waals surface area contributed by atoms with Crippen molar-refractivity contribution in [3.8, 4) is 5.75 Å². The van der Waals surface area contributed by atoms with Gasteiger partial charge in [-0.1, -0.05) is 6.07 Å². The topological polar surface area (TPSA) is 54.7 Å². The molecule has 2 aromatic rings. The van der Waals surface area contributed by atoms with Crippen molar-refractivity contribution in [1.82, 2.24) is 20.0 Å². The fraction of sp³-hybridized carbons (Fsp3) is 0.444. The highest BCUT2D eigenvalue weighted by Crippen LogP contribution is 2.18. The second-order valence-electron chi connectivity index (χ2n) is 6.00. The minimum Gasteiger partial charge on any atom is -0.494 e. The second-order valence-corrected chi connectivity index (χ2v) is 6.00. The second kappa shape index (κ2) is 9.75. The molecule has 1 N–H and O–H groups in total. The summed E-state index contributed by atoms with van der Waals surface area (Å²) in [4.78, 5) is 6.25. The van der Waals surface area contributed by atoms with E-state index in [1.807, 2.05) is 43.6 Å². The van der Waals surface area contributed by atoms with Crippen molar-refractivity contribution in [3.63, 3.8) is 0 Å². The van der Waals surface area contributed by atoms with Crippen molar-refractivity contribution in [2.75, 3.05) is 21.2 Å². The molecule has 0 saturated carbocycles. The first-order valence-electron chi connectivity index (χ1n) is 8.10. The molecule has 0 unspecified atom stereocenters. The van der Waals surface area contributed by atoms with Crippen molar-refractivity contribution in [2.45, 2.75) is 26.9 Å². The zero-order chi connectivity index (χ0) is 18.6. The maximum absolute atomic E-state index is 13.8. The number of hydrogen-bond acceptors (Lipinski definition) is 3. The quantitative estimate of drug-likeness (QED) is 0.411. The lowest BCUT2D eigenvalue weighted by atomic mass is 10.2. The van der Waals surface area contributed by atoms with E-state index >= 15 is 0 Å². The van der Waals surface area contributed by atoms with Crippen LogP contribution in [-0.4, -0.2) is 41.8 Å². The van der Waals surface area contributed by atoms with E-state index in [2.05, 4.69) is 15.4 Å². The molecule has 0 aliphatic carbocycles. The monoisotopic (exact) mass is 475 g/mol. The van der Waals surface area contributed by atoms with Gasteiger partial charge in [0.1, 0.15) is 0 Å². The fourth-order valence-electron chi connectivity index (χ4n) is 2.78. The van der Waals surface area contributed by atoms with Gasteiger partial charge in [-0.25, -0.2) is 4.39 Å². The van der Waals surface area contributed by atoms with Gasteiger partial charge in [0.05, 0.1) is 12.8 Å². The molecule has 144 valence electrons. The Bertz CT molecular complexity index is 775. The molecule has 0 aliphatic rings. The highest BCUT2D eigenvalue weighted by molar-refractivity contribution is 14.0. The van der Waals surface area contributed by atoms with Crippen molar-refractivity contribution in [1.29, 1.82) is 0 Å². The van der Waals surface area contributed by atoms with Crippen LogP contribution in [-0.2, 0) is 20.1 Å². The van der Waals surface area contributed by atoms with Crippen molar-refractivity contribution < 1.29 is 9.13 Å². The van der Waals surface area contributed by atoms with Crippen LogP contribution in [0.1, 0.15) is 22.5 Å². The molecule has 0 bridgehead atoms. The number of hydrogen-bond donors (Lipinski definition) is 1. The van der Waals surface area contributed by atoms with Crippen LogP contribution in [0.2, 0.25) is 0 Å². The molecule has 6 nitrogen and oxygen atoms in total. The number of aryl methyl sites for hydroxylation is 2. The van der Waals surface area contributed by atoms with E-state index in [1.54, 1.807) is 13.1 Å². The molecule has 0 spiro atoms. The summed E-state index contributed by atoms with van der Waals surface area (Å²) in [6, 6.07) is 4.97. The average Bonchev–Trinajstić information content (AvgIpc) is 2.81. The predicted molar refractivity (Wildman–Crippen MR) is 113 cm³/mol. The number of nitrogens with one attached hydrogen (secondary N) is 1. The molecule has 1 aromatic heterocycles. The number of aromatic nitrogens is 2. The first-order valence-corrected chi connectivity index (χ1v) is 8.10. The largest absolute Gasteiger partial charge is 0.494 e. The van der Waals surface area contributed by atoms with Crippen molar-refractivity contribution >= 4 is 29.9 Å². The zero-order valence-electron chi connectivity index (χ0n) is 16.1. The van der Waals surface area contributed by atoms with Gasteiger partial charge in [0.15, 0.2) is 17.5 Å². The Labute approximate surface area is 171 Å². The molecule has 0 aliphatic heterocycles. The van der Waals surface area contributed by atoms with E-state index in [0.29, 0.717) is 13.1 Å². The number of nitrogens with zero attached hydrogens (tertiary/aromatic N) is 4. The fourth-order valence-corrected chi connectivity index (χ4v) is 2.78. The van der Waals surface area contributed by atoms with Crippen LogP contribution in [0, 0.1) is 19.7 Å². The smallest absolute Gasteiger partial charge is 0.193 e. The van der Waals surface area contributed by atoms with Gasteiger partial charge in [-0.3, -0.25) is 9.67 Å². The third-order valence-electron chi connectivity index (χ3n) is 4.29. The number of rotatable bonds is 5. The number of methoxy groups -OCH3 is 1. The highest BCUT2D eigenvalue weighted by Gasteiger charge is 2.12. The number of aliphatic imine (C=N–C) groups is 1. The van der Waals surface area contributed by atoms with Gasteiger partial charge in [0.2, 0.25) is 0 Å². The summed E-state index contributed by atoms with van der Waals surface area (Å²) in [5, 5.41) is 7.76. The number of halogens is 2. The van der Waals surface area contributed by atoms with Gasteiger partial charge in [-0.05, 0) is 31.5 Å². The van der Waals surface area contributed by atoms with E-state index in [1.165, 1.54) is 13.2 Å². The third kappa shape index (κ3) is 5.09. The standard InChI is InChI=1S/C18H26FN5O.HI/c1-12-15(13(2)24(5)22-12)10-21-18(20-3)23(4)11-14-7-8-17(25-6)16(19)9-14;/h7-9H,10-11H2,1-6H3,(H,20,21);1H. The Kier molecular flexibility index (Phi) is 8.32. The Hall–Kier alpha value is -1.84. The lowest BCUT2D eigenvalue weighted by Gasteiger charge is -2.22. The summed E-state index contributed by atoms with van der Waals surface area (Å²) in [6.45, 7) is 5.21. The van der Waals surface area contributed by atoms with Crippen LogP contribution in [0.3, 0.4) is 0 Å².